The van der Waals surface area contributed by atoms with E-state index >= 15 is 0 Å². The maximum atomic E-state index is 11.8. The van der Waals surface area contributed by atoms with Crippen LogP contribution in [0.5, 0.6) is 0 Å². The molecule has 119 valence electrons. The molecule has 0 aliphatic carbocycles. The molecule has 0 unspecified atom stereocenters. The molecule has 22 heavy (non-hydrogen) atoms. The monoisotopic (exact) mass is 337 g/mol. The van der Waals surface area contributed by atoms with E-state index in [1.807, 2.05) is 0 Å². The van der Waals surface area contributed by atoms with Gasteiger partial charge < -0.3 is 4.74 Å². The molecular formula is C15H22NaO5S. The summed E-state index contributed by atoms with van der Waals surface area (Å²) in [5, 5.41) is 0. The second-order valence-corrected chi connectivity index (χ2v) is 6.26. The van der Waals surface area contributed by atoms with Crippen molar-refractivity contribution in [2.24, 2.45) is 0 Å². The van der Waals surface area contributed by atoms with Crippen LogP contribution >= 0.6 is 0 Å². The molecule has 0 aliphatic rings. The number of carbonyl (C=O) groups is 1. The van der Waals surface area contributed by atoms with Crippen molar-refractivity contribution in [1.29, 1.82) is 0 Å². The van der Waals surface area contributed by atoms with Crippen LogP contribution in [0.4, 0.5) is 0 Å². The molecule has 0 bridgehead atoms. The smallest absolute Gasteiger partial charge is 0.339 e. The Labute approximate surface area is 154 Å². The predicted octanol–water partition coefficient (Wildman–Crippen LogP) is 3.07. The largest absolute Gasteiger partial charge is 0.462 e. The zero-order chi connectivity index (χ0) is 15.7. The molecule has 0 amide bonds. The van der Waals surface area contributed by atoms with Gasteiger partial charge in [0.25, 0.3) is 10.1 Å². The molecule has 1 aromatic rings. The molecule has 0 heterocycles. The minimum atomic E-state index is -4.42. The Morgan fingerprint density at radius 3 is 2.32 bits per heavy atom. The fourth-order valence-electron chi connectivity index (χ4n) is 1.99. The van der Waals surface area contributed by atoms with Crippen molar-refractivity contribution < 1.29 is 22.5 Å². The standard InChI is InChI=1S/C15H22O5S.Na/c1-2-3-4-5-6-9-12-20-15(16)13-10-7-8-11-14(13)21(17,18)19;/h7-8,10-11H,2-6,9,12H2,1H3,(H,17,18,19);. The fourth-order valence-corrected chi connectivity index (χ4v) is 2.67. The Balaban J connectivity index is 0.00000441. The minimum absolute atomic E-state index is 0. The molecule has 0 aromatic heterocycles. The molecule has 0 saturated heterocycles. The summed E-state index contributed by atoms with van der Waals surface area (Å²) in [7, 11) is -4.42. The van der Waals surface area contributed by atoms with Gasteiger partial charge in [0, 0.05) is 29.6 Å². The van der Waals surface area contributed by atoms with Crippen LogP contribution in [0.15, 0.2) is 29.2 Å². The van der Waals surface area contributed by atoms with Crippen molar-refractivity contribution in [3.63, 3.8) is 0 Å². The van der Waals surface area contributed by atoms with Gasteiger partial charge in [-0.05, 0) is 18.6 Å². The Morgan fingerprint density at radius 1 is 1.09 bits per heavy atom. The van der Waals surface area contributed by atoms with Gasteiger partial charge in [-0.2, -0.15) is 8.42 Å². The van der Waals surface area contributed by atoms with Crippen LogP contribution in [0.3, 0.4) is 0 Å². The van der Waals surface area contributed by atoms with E-state index < -0.39 is 21.0 Å². The number of esters is 1. The maximum Gasteiger partial charge on any atom is 0.339 e. The average molecular weight is 337 g/mol. The number of carbonyl (C=O) groups excluding carboxylic acids is 1. The fraction of sp³-hybridized carbons (Fsp3) is 0.533. The molecule has 0 spiro atoms. The molecule has 5 nitrogen and oxygen atoms in total. The molecule has 1 radical (unpaired) electrons. The van der Waals surface area contributed by atoms with Crippen LogP contribution in [0, 0.1) is 0 Å². The van der Waals surface area contributed by atoms with Crippen LogP contribution in [0.2, 0.25) is 0 Å². The zero-order valence-electron chi connectivity index (χ0n) is 13.2. The number of hydrogen-bond acceptors (Lipinski definition) is 4. The molecular weight excluding hydrogens is 315 g/mol. The van der Waals surface area contributed by atoms with Crippen LogP contribution in [0.25, 0.3) is 0 Å². The third-order valence-corrected chi connectivity index (χ3v) is 4.03. The van der Waals surface area contributed by atoms with Crippen molar-refractivity contribution in [3.05, 3.63) is 29.8 Å². The van der Waals surface area contributed by atoms with Gasteiger partial charge >= 0.3 is 5.97 Å². The van der Waals surface area contributed by atoms with E-state index in [-0.39, 0.29) is 41.7 Å². The maximum absolute atomic E-state index is 11.8. The first-order valence-electron chi connectivity index (χ1n) is 7.20. The molecule has 0 fully saturated rings. The van der Waals surface area contributed by atoms with Gasteiger partial charge in [-0.15, -0.1) is 0 Å². The van der Waals surface area contributed by atoms with Crippen LogP contribution in [-0.2, 0) is 14.9 Å². The zero-order valence-corrected chi connectivity index (χ0v) is 16.1. The molecule has 0 aliphatic heterocycles. The molecule has 1 N–H and O–H groups in total. The Kier molecular flexibility index (Phi) is 11.0. The van der Waals surface area contributed by atoms with Gasteiger partial charge in [0.2, 0.25) is 0 Å². The Bertz CT molecular complexity index is 557. The third-order valence-electron chi connectivity index (χ3n) is 3.12. The van der Waals surface area contributed by atoms with E-state index in [1.54, 1.807) is 0 Å². The van der Waals surface area contributed by atoms with Gasteiger partial charge in [-0.3, -0.25) is 4.55 Å². The number of benzene rings is 1. The van der Waals surface area contributed by atoms with Crippen molar-refractivity contribution in [2.45, 2.75) is 50.3 Å². The van der Waals surface area contributed by atoms with E-state index in [1.165, 1.54) is 43.5 Å². The van der Waals surface area contributed by atoms with Crippen LogP contribution in [0.1, 0.15) is 55.8 Å². The predicted molar refractivity (Wildman–Crippen MR) is 85.7 cm³/mol. The third kappa shape index (κ3) is 7.74. The first kappa shape index (κ1) is 21.6. The summed E-state index contributed by atoms with van der Waals surface area (Å²) in [6.45, 7) is 2.40. The van der Waals surface area contributed by atoms with E-state index in [0.29, 0.717) is 0 Å². The Hall–Kier alpha value is -0.400. The number of unbranched alkanes of at least 4 members (excludes halogenated alkanes) is 5. The normalized spacial score (nSPS) is 10.8. The van der Waals surface area contributed by atoms with E-state index in [9.17, 15) is 13.2 Å². The van der Waals surface area contributed by atoms with Gasteiger partial charge in [-0.1, -0.05) is 51.2 Å². The van der Waals surface area contributed by atoms with E-state index in [4.69, 9.17) is 9.29 Å². The topological polar surface area (TPSA) is 80.7 Å². The molecule has 0 atom stereocenters. The van der Waals surface area contributed by atoms with Crippen molar-refractivity contribution in [1.82, 2.24) is 0 Å². The first-order chi connectivity index (χ1) is 9.96. The summed E-state index contributed by atoms with van der Waals surface area (Å²) >= 11 is 0. The summed E-state index contributed by atoms with van der Waals surface area (Å²) in [6, 6.07) is 5.47. The number of rotatable bonds is 9. The van der Waals surface area contributed by atoms with Gasteiger partial charge in [-0.25, -0.2) is 4.79 Å². The van der Waals surface area contributed by atoms with Gasteiger partial charge in [0.15, 0.2) is 0 Å². The molecule has 1 rings (SSSR count). The Morgan fingerprint density at radius 2 is 1.68 bits per heavy atom. The SMILES string of the molecule is CCCCCCCCOC(=O)c1ccccc1S(=O)(=O)O.[Na]. The summed E-state index contributed by atoms with van der Waals surface area (Å²) in [6.07, 6.45) is 6.41. The van der Waals surface area contributed by atoms with Gasteiger partial charge in [0.05, 0.1) is 12.2 Å². The number of hydrogen-bond donors (Lipinski definition) is 1. The molecule has 7 heteroatoms. The minimum Gasteiger partial charge on any atom is -0.462 e. The van der Waals surface area contributed by atoms with Crippen LogP contribution < -0.4 is 0 Å². The molecule has 1 aromatic carbocycles. The van der Waals surface area contributed by atoms with E-state index in [2.05, 4.69) is 6.92 Å². The summed E-state index contributed by atoms with van der Waals surface area (Å²) in [5.74, 6) is -0.725. The van der Waals surface area contributed by atoms with E-state index in [0.717, 1.165) is 19.3 Å². The van der Waals surface area contributed by atoms with Crippen molar-refractivity contribution in [2.75, 3.05) is 6.61 Å². The van der Waals surface area contributed by atoms with Crippen molar-refractivity contribution in [3.8, 4) is 0 Å². The van der Waals surface area contributed by atoms with Crippen LogP contribution in [-0.4, -0.2) is 55.1 Å². The average Bonchev–Trinajstić information content (AvgIpc) is 2.45. The van der Waals surface area contributed by atoms with Gasteiger partial charge in [0.1, 0.15) is 4.90 Å². The first-order valence-corrected chi connectivity index (χ1v) is 8.64. The van der Waals surface area contributed by atoms with Crippen molar-refractivity contribution >= 4 is 45.6 Å². The molecule has 0 saturated carbocycles. The summed E-state index contributed by atoms with van der Waals surface area (Å²) < 4.78 is 36.5. The second-order valence-electron chi connectivity index (χ2n) is 4.87. The second kappa shape index (κ2) is 11.2. The quantitative estimate of drug-likeness (QED) is 0.324. The summed E-state index contributed by atoms with van der Waals surface area (Å²) in [4.78, 5) is 11.4. The summed E-state index contributed by atoms with van der Waals surface area (Å²) in [5.41, 5.74) is -0.133. The number of ether oxygens (including phenoxy) is 1.